The summed E-state index contributed by atoms with van der Waals surface area (Å²) in [7, 11) is 0. The minimum atomic E-state index is 0.0899. The first-order valence-electron chi connectivity index (χ1n) is 9.82. The normalized spacial score (nSPS) is 16.5. The molecule has 0 atom stereocenters. The van der Waals surface area contributed by atoms with Gasteiger partial charge in [-0.15, -0.1) is 0 Å². The molecule has 5 nitrogen and oxygen atoms in total. The van der Waals surface area contributed by atoms with E-state index in [1.807, 2.05) is 26.0 Å². The summed E-state index contributed by atoms with van der Waals surface area (Å²) in [4.78, 5) is 7.18. The fraction of sp³-hybridized carbons (Fsp3) is 0.348. The molecule has 0 unspecified atom stereocenters. The van der Waals surface area contributed by atoms with Crippen molar-refractivity contribution in [3.05, 3.63) is 47.7 Å². The van der Waals surface area contributed by atoms with Crippen LogP contribution in [0.25, 0.3) is 22.0 Å². The maximum absolute atomic E-state index is 6.49. The number of benzene rings is 2. The summed E-state index contributed by atoms with van der Waals surface area (Å²) in [6, 6.07) is 12.6. The molecule has 1 fully saturated rings. The second kappa shape index (κ2) is 6.67. The molecule has 0 spiro atoms. The van der Waals surface area contributed by atoms with Gasteiger partial charge in [-0.3, -0.25) is 4.98 Å². The van der Waals surface area contributed by atoms with Crippen LogP contribution in [0.2, 0.25) is 0 Å². The van der Waals surface area contributed by atoms with E-state index >= 15 is 0 Å². The first kappa shape index (κ1) is 18.6. The minimum Gasteiger partial charge on any atom is -0.399 e. The van der Waals surface area contributed by atoms with Gasteiger partial charge in [-0.1, -0.05) is 12.1 Å². The smallest absolute Gasteiger partial charge is 0.0752 e. The number of aryl methyl sites for hydroxylation is 1. The molecule has 0 amide bonds. The molecule has 1 aliphatic heterocycles. The molecule has 0 bridgehead atoms. The van der Waals surface area contributed by atoms with Gasteiger partial charge in [0.25, 0.3) is 0 Å². The number of nitrogens with one attached hydrogen (secondary N) is 1. The first-order chi connectivity index (χ1) is 13.3. The zero-order valence-electron chi connectivity index (χ0n) is 17.1. The summed E-state index contributed by atoms with van der Waals surface area (Å²) in [5.41, 5.74) is 20.4. The Kier molecular flexibility index (Phi) is 4.42. The highest BCUT2D eigenvalue weighted by molar-refractivity contribution is 6.05. The second-order valence-corrected chi connectivity index (χ2v) is 8.39. The van der Waals surface area contributed by atoms with Gasteiger partial charge in [0.15, 0.2) is 0 Å². The van der Waals surface area contributed by atoms with E-state index in [2.05, 4.69) is 48.3 Å². The molecule has 1 aliphatic rings. The van der Waals surface area contributed by atoms with Crippen molar-refractivity contribution in [2.75, 3.05) is 36.0 Å². The average Bonchev–Trinajstić information content (AvgIpc) is 2.65. The monoisotopic (exact) mass is 375 g/mol. The van der Waals surface area contributed by atoms with Crippen molar-refractivity contribution in [2.24, 2.45) is 0 Å². The zero-order valence-corrected chi connectivity index (χ0v) is 17.1. The Morgan fingerprint density at radius 1 is 1.07 bits per heavy atom. The van der Waals surface area contributed by atoms with Crippen LogP contribution in [0.4, 0.5) is 17.1 Å². The number of anilines is 3. The molecular weight excluding hydrogens is 346 g/mol. The third-order valence-corrected chi connectivity index (χ3v) is 5.93. The van der Waals surface area contributed by atoms with Crippen molar-refractivity contribution in [1.82, 2.24) is 10.3 Å². The van der Waals surface area contributed by atoms with E-state index in [0.29, 0.717) is 5.69 Å². The molecule has 2 heterocycles. The van der Waals surface area contributed by atoms with Crippen molar-refractivity contribution in [3.8, 4) is 11.1 Å². The van der Waals surface area contributed by atoms with E-state index in [4.69, 9.17) is 16.5 Å². The van der Waals surface area contributed by atoms with Crippen molar-refractivity contribution in [1.29, 1.82) is 0 Å². The second-order valence-electron chi connectivity index (χ2n) is 8.39. The fourth-order valence-electron chi connectivity index (χ4n) is 4.18. The molecule has 4 rings (SSSR count). The summed E-state index contributed by atoms with van der Waals surface area (Å²) < 4.78 is 0. The fourth-order valence-corrected chi connectivity index (χ4v) is 4.18. The van der Waals surface area contributed by atoms with Crippen LogP contribution in [-0.2, 0) is 0 Å². The average molecular weight is 376 g/mol. The molecule has 3 aromatic rings. The molecule has 146 valence electrons. The summed E-state index contributed by atoms with van der Waals surface area (Å²) in [6.07, 6.45) is 0. The third kappa shape index (κ3) is 3.06. The predicted molar refractivity (Wildman–Crippen MR) is 120 cm³/mol. The van der Waals surface area contributed by atoms with Gasteiger partial charge in [-0.05, 0) is 68.7 Å². The van der Waals surface area contributed by atoms with Crippen molar-refractivity contribution in [2.45, 2.75) is 33.2 Å². The first-order valence-corrected chi connectivity index (χ1v) is 9.82. The lowest BCUT2D eigenvalue weighted by Crippen LogP contribution is -2.58. The van der Waals surface area contributed by atoms with Crippen LogP contribution in [0, 0.1) is 13.8 Å². The van der Waals surface area contributed by atoms with Crippen molar-refractivity contribution in [3.63, 3.8) is 0 Å². The van der Waals surface area contributed by atoms with E-state index in [0.717, 1.165) is 58.6 Å². The van der Waals surface area contributed by atoms with Gasteiger partial charge in [0, 0.05) is 53.3 Å². The number of nitrogen functional groups attached to an aromatic ring is 2. The van der Waals surface area contributed by atoms with E-state index in [9.17, 15) is 0 Å². The highest BCUT2D eigenvalue weighted by Gasteiger charge is 2.29. The number of nitrogens with zero attached hydrogens (tertiary/aromatic N) is 2. The number of aromatic nitrogens is 1. The summed E-state index contributed by atoms with van der Waals surface area (Å²) in [6.45, 7) is 11.5. The number of nitrogens with two attached hydrogens (primary N) is 2. The van der Waals surface area contributed by atoms with Gasteiger partial charge in [0.05, 0.1) is 5.52 Å². The van der Waals surface area contributed by atoms with Gasteiger partial charge in [0.2, 0.25) is 0 Å². The quantitative estimate of drug-likeness (QED) is 0.593. The molecule has 1 saturated heterocycles. The lowest BCUT2D eigenvalue weighted by atomic mass is 9.95. The summed E-state index contributed by atoms with van der Waals surface area (Å²) in [5, 5.41) is 4.46. The number of hydrogen-bond acceptors (Lipinski definition) is 5. The standard InChI is InChI=1S/C23H29N5/c1-14-15(2)27-20-12-17(24)11-19(21(20)22(14)25)16-5-7-18(8-6-16)28-10-9-26-13-23(28,3)4/h5-8,11-12,26H,9-10,13,24H2,1-4H3,(H2,25,27). The van der Waals surface area contributed by atoms with Crippen LogP contribution in [0.3, 0.4) is 0 Å². The van der Waals surface area contributed by atoms with Crippen molar-refractivity contribution < 1.29 is 0 Å². The maximum atomic E-state index is 6.49. The zero-order chi connectivity index (χ0) is 20.1. The van der Waals surface area contributed by atoms with Gasteiger partial charge >= 0.3 is 0 Å². The van der Waals surface area contributed by atoms with E-state index in [-0.39, 0.29) is 5.54 Å². The number of pyridine rings is 1. The van der Waals surface area contributed by atoms with Gasteiger partial charge < -0.3 is 21.7 Å². The highest BCUT2D eigenvalue weighted by atomic mass is 15.3. The number of rotatable bonds is 2. The van der Waals surface area contributed by atoms with Crippen LogP contribution in [0.15, 0.2) is 36.4 Å². The predicted octanol–water partition coefficient (Wildman–Crippen LogP) is 3.87. The summed E-state index contributed by atoms with van der Waals surface area (Å²) in [5.74, 6) is 0. The Balaban J connectivity index is 1.82. The lowest BCUT2D eigenvalue weighted by Gasteiger charge is -2.44. The third-order valence-electron chi connectivity index (χ3n) is 5.93. The van der Waals surface area contributed by atoms with Crippen LogP contribution >= 0.6 is 0 Å². The molecule has 0 aliphatic carbocycles. The molecule has 5 N–H and O–H groups in total. The van der Waals surface area contributed by atoms with Gasteiger partial charge in [-0.25, -0.2) is 0 Å². The topological polar surface area (TPSA) is 80.2 Å². The number of fused-ring (bicyclic) bond motifs is 1. The molecule has 2 aromatic carbocycles. The molecular formula is C23H29N5. The minimum absolute atomic E-state index is 0.0899. The van der Waals surface area contributed by atoms with Crippen LogP contribution in [-0.4, -0.2) is 30.2 Å². The number of hydrogen-bond donors (Lipinski definition) is 3. The van der Waals surface area contributed by atoms with Crippen molar-refractivity contribution >= 4 is 28.0 Å². The van der Waals surface area contributed by atoms with E-state index < -0.39 is 0 Å². The van der Waals surface area contributed by atoms with E-state index in [1.165, 1.54) is 5.69 Å². The SMILES string of the molecule is Cc1nc2cc(N)cc(-c3ccc(N4CCNCC4(C)C)cc3)c2c(N)c1C. The Bertz CT molecular complexity index is 1040. The van der Waals surface area contributed by atoms with Crippen LogP contribution in [0.5, 0.6) is 0 Å². The Hall–Kier alpha value is -2.79. The molecule has 28 heavy (non-hydrogen) atoms. The molecule has 0 saturated carbocycles. The maximum Gasteiger partial charge on any atom is 0.0752 e. The largest absolute Gasteiger partial charge is 0.399 e. The number of piperazine rings is 1. The van der Waals surface area contributed by atoms with Crippen LogP contribution in [0.1, 0.15) is 25.1 Å². The van der Waals surface area contributed by atoms with Gasteiger partial charge in [0.1, 0.15) is 0 Å². The van der Waals surface area contributed by atoms with Gasteiger partial charge in [-0.2, -0.15) is 0 Å². The Morgan fingerprint density at radius 2 is 1.79 bits per heavy atom. The lowest BCUT2D eigenvalue weighted by molar-refractivity contribution is 0.380. The molecule has 1 aromatic heterocycles. The Morgan fingerprint density at radius 3 is 2.46 bits per heavy atom. The Labute approximate surface area is 166 Å². The highest BCUT2D eigenvalue weighted by Crippen LogP contribution is 2.37. The summed E-state index contributed by atoms with van der Waals surface area (Å²) >= 11 is 0. The van der Waals surface area contributed by atoms with E-state index in [1.54, 1.807) is 0 Å². The molecule has 5 heteroatoms. The molecule has 0 radical (unpaired) electrons. The van der Waals surface area contributed by atoms with Crippen LogP contribution < -0.4 is 21.7 Å².